The summed E-state index contributed by atoms with van der Waals surface area (Å²) in [6.45, 7) is 2.42. The first-order valence-corrected chi connectivity index (χ1v) is 8.32. The number of aryl methyl sites for hydroxylation is 1. The largest absolute Gasteiger partial charge is 0.403 e. The lowest BCUT2D eigenvalue weighted by Gasteiger charge is -2.16. The van der Waals surface area contributed by atoms with Gasteiger partial charge in [0, 0.05) is 37.6 Å². The average molecular weight is 365 g/mol. The highest BCUT2D eigenvalue weighted by atomic mass is 15.4. The molecule has 3 aromatic rings. The number of pyridine rings is 3. The van der Waals surface area contributed by atoms with Crippen LogP contribution >= 0.6 is 0 Å². The minimum Gasteiger partial charge on any atom is -0.403 e. The van der Waals surface area contributed by atoms with Gasteiger partial charge in [0.05, 0.1) is 11.4 Å². The average Bonchev–Trinajstić information content (AvgIpc) is 2.63. The van der Waals surface area contributed by atoms with Gasteiger partial charge in [-0.1, -0.05) is 0 Å². The van der Waals surface area contributed by atoms with Crippen molar-refractivity contribution in [3.05, 3.63) is 53.6 Å². The molecule has 9 heteroatoms. The van der Waals surface area contributed by atoms with E-state index < -0.39 is 0 Å². The maximum absolute atomic E-state index is 6.08. The van der Waals surface area contributed by atoms with E-state index in [0.717, 1.165) is 21.9 Å². The molecule has 3 heterocycles. The van der Waals surface area contributed by atoms with Gasteiger partial charge >= 0.3 is 0 Å². The highest BCUT2D eigenvalue weighted by molar-refractivity contribution is 5.93. The van der Waals surface area contributed by atoms with E-state index in [9.17, 15) is 0 Å². The number of nitrogens with one attached hydrogen (secondary N) is 1. The molecule has 0 amide bonds. The lowest BCUT2D eigenvalue weighted by Crippen LogP contribution is -2.25. The predicted octanol–water partition coefficient (Wildman–Crippen LogP) is 1.18. The Morgan fingerprint density at radius 1 is 1.19 bits per heavy atom. The van der Waals surface area contributed by atoms with Crippen LogP contribution in [0.3, 0.4) is 0 Å². The number of hydrogen-bond acceptors (Lipinski definition) is 9. The third kappa shape index (κ3) is 3.73. The van der Waals surface area contributed by atoms with Gasteiger partial charge in [-0.2, -0.15) is 0 Å². The Hall–Kier alpha value is -3.43. The second-order valence-electron chi connectivity index (χ2n) is 6.17. The van der Waals surface area contributed by atoms with Gasteiger partial charge in [-0.15, -0.1) is 0 Å². The Morgan fingerprint density at radius 2 is 1.89 bits per heavy atom. The molecule has 140 valence electrons. The predicted molar refractivity (Wildman–Crippen MR) is 108 cm³/mol. The van der Waals surface area contributed by atoms with Crippen LogP contribution in [0.15, 0.2) is 36.8 Å². The molecule has 9 nitrogen and oxygen atoms in total. The molecule has 0 saturated carbocycles. The Balaban J connectivity index is 2.01. The third-order valence-electron chi connectivity index (χ3n) is 4.24. The molecular weight excluding hydrogens is 342 g/mol. The highest BCUT2D eigenvalue weighted by Gasteiger charge is 2.11. The first-order chi connectivity index (χ1) is 12.9. The summed E-state index contributed by atoms with van der Waals surface area (Å²) in [4.78, 5) is 13.1. The summed E-state index contributed by atoms with van der Waals surface area (Å²) in [5.74, 6) is 7.44. The number of nitrogen functional groups attached to an aromatic ring is 1. The van der Waals surface area contributed by atoms with Crippen molar-refractivity contribution < 1.29 is 0 Å². The Labute approximate surface area is 157 Å². The summed E-state index contributed by atoms with van der Waals surface area (Å²) in [6.07, 6.45) is 4.83. The van der Waals surface area contributed by atoms with E-state index >= 15 is 0 Å². The standard InChI is InChI=1S/C18H23N9/c1-10-8-23-17(5-12(10)6-19)26-16-4-11-3-14(15(7-20)27(2)22)25-18(21)13(11)9-24-16/h3-5,7-9H,6,19-20,22H2,1-2H3,(H2,21,25)(H,23,24,26)/b15-7-. The smallest absolute Gasteiger partial charge is 0.133 e. The molecule has 0 radical (unpaired) electrons. The first kappa shape index (κ1) is 18.4. The van der Waals surface area contributed by atoms with Crippen LogP contribution in [0.1, 0.15) is 16.8 Å². The number of hydrogen-bond donors (Lipinski definition) is 5. The van der Waals surface area contributed by atoms with Gasteiger partial charge in [-0.25, -0.2) is 20.8 Å². The first-order valence-electron chi connectivity index (χ1n) is 8.32. The molecule has 3 aromatic heterocycles. The number of hydrazine groups is 1. The lowest BCUT2D eigenvalue weighted by atomic mass is 10.1. The molecule has 9 N–H and O–H groups in total. The van der Waals surface area contributed by atoms with Crippen molar-refractivity contribution in [1.29, 1.82) is 0 Å². The summed E-state index contributed by atoms with van der Waals surface area (Å²) in [5, 5.41) is 6.16. The van der Waals surface area contributed by atoms with E-state index in [-0.39, 0.29) is 0 Å². The van der Waals surface area contributed by atoms with Crippen LogP contribution in [0.5, 0.6) is 0 Å². The Bertz CT molecular complexity index is 1010. The van der Waals surface area contributed by atoms with Crippen LogP contribution in [0, 0.1) is 6.92 Å². The molecule has 0 spiro atoms. The zero-order valence-electron chi connectivity index (χ0n) is 15.3. The van der Waals surface area contributed by atoms with Gasteiger partial charge in [0.15, 0.2) is 0 Å². The summed E-state index contributed by atoms with van der Waals surface area (Å²) in [6, 6.07) is 5.63. The molecule has 0 aliphatic carbocycles. The third-order valence-corrected chi connectivity index (χ3v) is 4.24. The van der Waals surface area contributed by atoms with Crippen molar-refractivity contribution in [3.63, 3.8) is 0 Å². The number of aromatic nitrogens is 3. The number of fused-ring (bicyclic) bond motifs is 1. The Morgan fingerprint density at radius 3 is 2.56 bits per heavy atom. The number of rotatable bonds is 5. The van der Waals surface area contributed by atoms with Gasteiger partial charge in [0.25, 0.3) is 0 Å². The fourth-order valence-electron chi connectivity index (χ4n) is 2.74. The summed E-state index contributed by atoms with van der Waals surface area (Å²) < 4.78 is 0. The second-order valence-corrected chi connectivity index (χ2v) is 6.17. The molecular formula is C18H23N9. The quantitative estimate of drug-likeness (QED) is 0.330. The van der Waals surface area contributed by atoms with E-state index in [1.165, 1.54) is 11.2 Å². The number of anilines is 3. The van der Waals surface area contributed by atoms with E-state index in [2.05, 4.69) is 20.3 Å². The van der Waals surface area contributed by atoms with E-state index in [0.29, 0.717) is 35.4 Å². The second kappa shape index (κ2) is 7.44. The maximum atomic E-state index is 6.08. The van der Waals surface area contributed by atoms with E-state index in [1.54, 1.807) is 19.4 Å². The van der Waals surface area contributed by atoms with Crippen LogP contribution in [-0.4, -0.2) is 27.0 Å². The molecule has 0 fully saturated rings. The highest BCUT2D eigenvalue weighted by Crippen LogP contribution is 2.26. The molecule has 27 heavy (non-hydrogen) atoms. The minimum atomic E-state index is 0.349. The molecule has 0 atom stereocenters. The van der Waals surface area contributed by atoms with Crippen LogP contribution in [-0.2, 0) is 6.54 Å². The summed E-state index contributed by atoms with van der Waals surface area (Å²) >= 11 is 0. The number of nitrogens with zero attached hydrogens (tertiary/aromatic N) is 4. The zero-order valence-corrected chi connectivity index (χ0v) is 15.3. The normalized spacial score (nSPS) is 11.6. The molecule has 0 bridgehead atoms. The van der Waals surface area contributed by atoms with Gasteiger partial charge in [0.2, 0.25) is 0 Å². The molecule has 3 rings (SSSR count). The van der Waals surface area contributed by atoms with Gasteiger partial charge in [0.1, 0.15) is 17.5 Å². The fraction of sp³-hybridized carbons (Fsp3) is 0.167. The monoisotopic (exact) mass is 365 g/mol. The molecule has 0 aliphatic heterocycles. The van der Waals surface area contributed by atoms with E-state index in [4.69, 9.17) is 23.0 Å². The molecule has 0 aromatic carbocycles. The van der Waals surface area contributed by atoms with Crippen LogP contribution in [0.2, 0.25) is 0 Å². The molecule has 0 unspecified atom stereocenters. The maximum Gasteiger partial charge on any atom is 0.133 e. The van der Waals surface area contributed by atoms with Gasteiger partial charge in [-0.05, 0) is 41.6 Å². The topological polar surface area (TPSA) is 158 Å². The van der Waals surface area contributed by atoms with Crippen molar-refractivity contribution in [2.75, 3.05) is 18.1 Å². The summed E-state index contributed by atoms with van der Waals surface area (Å²) in [5.41, 5.74) is 20.7. The van der Waals surface area contributed by atoms with Crippen LogP contribution < -0.4 is 28.4 Å². The van der Waals surface area contributed by atoms with Crippen LogP contribution in [0.4, 0.5) is 17.5 Å². The molecule has 0 saturated heterocycles. The van der Waals surface area contributed by atoms with Gasteiger partial charge in [-0.3, -0.25) is 0 Å². The Kier molecular flexibility index (Phi) is 5.06. The molecule has 0 aliphatic rings. The van der Waals surface area contributed by atoms with Crippen molar-refractivity contribution in [1.82, 2.24) is 20.0 Å². The van der Waals surface area contributed by atoms with Crippen LogP contribution in [0.25, 0.3) is 16.5 Å². The van der Waals surface area contributed by atoms with Gasteiger partial charge < -0.3 is 27.5 Å². The van der Waals surface area contributed by atoms with Crippen molar-refractivity contribution in [2.24, 2.45) is 17.3 Å². The lowest BCUT2D eigenvalue weighted by molar-refractivity contribution is 0.508. The van der Waals surface area contributed by atoms with Crippen molar-refractivity contribution in [2.45, 2.75) is 13.5 Å². The summed E-state index contributed by atoms with van der Waals surface area (Å²) in [7, 11) is 1.68. The number of nitrogens with two attached hydrogens (primary N) is 4. The van der Waals surface area contributed by atoms with Crippen molar-refractivity contribution in [3.8, 4) is 0 Å². The SMILES string of the molecule is Cc1cnc(Nc2cc3cc(/C(=C/N)N(C)N)nc(N)c3cn2)cc1CN. The minimum absolute atomic E-state index is 0.349. The fourth-order valence-corrected chi connectivity index (χ4v) is 2.74. The van der Waals surface area contributed by atoms with E-state index in [1.807, 2.05) is 25.1 Å². The zero-order chi connectivity index (χ0) is 19.6. The van der Waals surface area contributed by atoms with Crippen molar-refractivity contribution >= 4 is 33.9 Å².